The summed E-state index contributed by atoms with van der Waals surface area (Å²) in [4.78, 5) is 17.4. The summed E-state index contributed by atoms with van der Waals surface area (Å²) >= 11 is 0. The lowest BCUT2D eigenvalue weighted by molar-refractivity contribution is 0.102. The molecule has 0 aliphatic carbocycles. The Bertz CT molecular complexity index is 1160. The van der Waals surface area contributed by atoms with Crippen molar-refractivity contribution in [2.24, 2.45) is 0 Å². The van der Waals surface area contributed by atoms with Crippen molar-refractivity contribution in [1.82, 2.24) is 4.98 Å². The van der Waals surface area contributed by atoms with E-state index in [0.29, 0.717) is 59.4 Å². The fourth-order valence-electron chi connectivity index (χ4n) is 3.31. The van der Waals surface area contributed by atoms with E-state index >= 15 is 0 Å². The first-order valence-electron chi connectivity index (χ1n) is 10.3. The average molecular weight is 416 g/mol. The first kappa shape index (κ1) is 20.5. The molecule has 0 aliphatic heterocycles. The molecule has 0 saturated carbocycles. The number of amides is 1. The Morgan fingerprint density at radius 1 is 0.935 bits per heavy atom. The minimum absolute atomic E-state index is 0.255. The van der Waals surface area contributed by atoms with Gasteiger partial charge in [-0.2, -0.15) is 0 Å². The molecule has 1 amide bonds. The second-order valence-corrected chi connectivity index (χ2v) is 6.97. The number of nitrogens with one attached hydrogen (secondary N) is 1. The normalized spacial score (nSPS) is 10.8. The topological polar surface area (TPSA) is 73.6 Å². The van der Waals surface area contributed by atoms with Crippen LogP contribution >= 0.6 is 0 Å². The highest BCUT2D eigenvalue weighted by atomic mass is 16.5. The highest BCUT2D eigenvalue weighted by Crippen LogP contribution is 2.25. The highest BCUT2D eigenvalue weighted by molar-refractivity contribution is 6.05. The van der Waals surface area contributed by atoms with Crippen LogP contribution in [0.4, 0.5) is 5.69 Å². The molecule has 1 N–H and O–H groups in total. The zero-order valence-corrected chi connectivity index (χ0v) is 17.6. The fraction of sp³-hybridized carbons (Fsp3) is 0.200. The van der Waals surface area contributed by atoms with Crippen LogP contribution in [-0.4, -0.2) is 24.1 Å². The summed E-state index contributed by atoms with van der Waals surface area (Å²) in [5, 5.41) is 2.92. The van der Waals surface area contributed by atoms with Crippen LogP contribution in [0.1, 0.15) is 35.7 Å². The van der Waals surface area contributed by atoms with Crippen molar-refractivity contribution in [3.63, 3.8) is 0 Å². The Morgan fingerprint density at radius 2 is 1.65 bits per heavy atom. The molecule has 0 saturated heterocycles. The molecular formula is C25H24N2O4. The van der Waals surface area contributed by atoms with Crippen LogP contribution in [-0.2, 0) is 6.42 Å². The van der Waals surface area contributed by atoms with Crippen molar-refractivity contribution in [3.8, 4) is 11.5 Å². The van der Waals surface area contributed by atoms with Crippen LogP contribution in [0.5, 0.6) is 11.5 Å². The molecule has 0 atom stereocenters. The summed E-state index contributed by atoms with van der Waals surface area (Å²) in [5.74, 6) is 1.57. The van der Waals surface area contributed by atoms with Crippen molar-refractivity contribution >= 4 is 22.7 Å². The maximum Gasteiger partial charge on any atom is 0.255 e. The SMILES string of the molecule is CCOc1cc(OCC)cc(C(=O)Nc2ccc3oc(Cc4ccccc4)nc3c2)c1. The summed E-state index contributed by atoms with van der Waals surface area (Å²) in [5.41, 5.74) is 3.60. The second kappa shape index (κ2) is 9.34. The maximum atomic E-state index is 12.8. The van der Waals surface area contributed by atoms with Gasteiger partial charge in [0.05, 0.1) is 13.2 Å². The van der Waals surface area contributed by atoms with E-state index in [9.17, 15) is 4.79 Å². The minimum Gasteiger partial charge on any atom is -0.494 e. The summed E-state index contributed by atoms with van der Waals surface area (Å²) in [6, 6.07) is 20.6. The number of carbonyl (C=O) groups excluding carboxylic acids is 1. The largest absolute Gasteiger partial charge is 0.494 e. The van der Waals surface area contributed by atoms with Gasteiger partial charge in [0.15, 0.2) is 11.5 Å². The van der Waals surface area contributed by atoms with E-state index in [0.717, 1.165) is 5.56 Å². The van der Waals surface area contributed by atoms with Crippen molar-refractivity contribution in [2.75, 3.05) is 18.5 Å². The molecule has 4 rings (SSSR count). The Morgan fingerprint density at radius 3 is 2.32 bits per heavy atom. The number of hydrogen-bond donors (Lipinski definition) is 1. The fourth-order valence-corrected chi connectivity index (χ4v) is 3.31. The van der Waals surface area contributed by atoms with Crippen molar-refractivity contribution < 1.29 is 18.7 Å². The number of fused-ring (bicyclic) bond motifs is 1. The predicted molar refractivity (Wildman–Crippen MR) is 120 cm³/mol. The van der Waals surface area contributed by atoms with Gasteiger partial charge >= 0.3 is 0 Å². The number of rotatable bonds is 8. The van der Waals surface area contributed by atoms with Crippen LogP contribution in [0.2, 0.25) is 0 Å². The smallest absolute Gasteiger partial charge is 0.255 e. The molecule has 6 nitrogen and oxygen atoms in total. The van der Waals surface area contributed by atoms with Gasteiger partial charge in [0.2, 0.25) is 0 Å². The van der Waals surface area contributed by atoms with Crippen LogP contribution < -0.4 is 14.8 Å². The third-order valence-electron chi connectivity index (χ3n) is 4.65. The van der Waals surface area contributed by atoms with Crippen LogP contribution in [0, 0.1) is 0 Å². The number of hydrogen-bond acceptors (Lipinski definition) is 5. The molecule has 158 valence electrons. The average Bonchev–Trinajstić information content (AvgIpc) is 3.16. The summed E-state index contributed by atoms with van der Waals surface area (Å²) < 4.78 is 17.0. The highest BCUT2D eigenvalue weighted by Gasteiger charge is 2.13. The molecule has 31 heavy (non-hydrogen) atoms. The van der Waals surface area contributed by atoms with Crippen LogP contribution in [0.3, 0.4) is 0 Å². The Hall–Kier alpha value is -3.80. The van der Waals surface area contributed by atoms with Gasteiger partial charge in [-0.25, -0.2) is 4.98 Å². The first-order valence-corrected chi connectivity index (χ1v) is 10.3. The van der Waals surface area contributed by atoms with Crippen molar-refractivity contribution in [2.45, 2.75) is 20.3 Å². The van der Waals surface area contributed by atoms with Gasteiger partial charge in [0.25, 0.3) is 5.91 Å². The third-order valence-corrected chi connectivity index (χ3v) is 4.65. The molecule has 0 unspecified atom stereocenters. The monoisotopic (exact) mass is 416 g/mol. The molecule has 4 aromatic rings. The molecule has 0 radical (unpaired) electrons. The molecule has 0 fully saturated rings. The molecule has 1 aromatic heterocycles. The molecule has 0 aliphatic rings. The lowest BCUT2D eigenvalue weighted by atomic mass is 10.1. The zero-order valence-electron chi connectivity index (χ0n) is 17.6. The molecule has 0 spiro atoms. The van der Waals surface area contributed by atoms with Gasteiger partial charge in [0.1, 0.15) is 17.0 Å². The zero-order chi connectivity index (χ0) is 21.6. The quantitative estimate of drug-likeness (QED) is 0.412. The number of anilines is 1. The molecule has 1 heterocycles. The number of benzene rings is 3. The van der Waals surface area contributed by atoms with E-state index in [4.69, 9.17) is 13.9 Å². The number of ether oxygens (including phenoxy) is 2. The van der Waals surface area contributed by atoms with Crippen molar-refractivity contribution in [3.05, 3.63) is 83.7 Å². The lowest BCUT2D eigenvalue weighted by Crippen LogP contribution is -2.12. The summed E-state index contributed by atoms with van der Waals surface area (Å²) in [6.07, 6.45) is 0.613. The Labute approximate surface area is 180 Å². The maximum absolute atomic E-state index is 12.8. The number of aromatic nitrogens is 1. The standard InChI is InChI=1S/C25H24N2O4/c1-3-29-20-13-18(14-21(16-20)30-4-2)25(28)26-19-10-11-23-22(15-19)27-24(31-23)12-17-8-6-5-7-9-17/h5-11,13-16H,3-4,12H2,1-2H3,(H,26,28). The van der Waals surface area contributed by atoms with E-state index in [1.54, 1.807) is 30.3 Å². The van der Waals surface area contributed by atoms with E-state index < -0.39 is 0 Å². The van der Waals surface area contributed by atoms with Crippen molar-refractivity contribution in [1.29, 1.82) is 0 Å². The van der Waals surface area contributed by atoms with Gasteiger partial charge in [0, 0.05) is 23.7 Å². The Balaban J connectivity index is 1.53. The minimum atomic E-state index is -0.255. The van der Waals surface area contributed by atoms with Gasteiger partial charge < -0.3 is 19.2 Å². The van der Waals surface area contributed by atoms with Gasteiger partial charge in [-0.1, -0.05) is 30.3 Å². The predicted octanol–water partition coefficient (Wildman–Crippen LogP) is 5.47. The first-order chi connectivity index (χ1) is 15.1. The van der Waals surface area contributed by atoms with Gasteiger partial charge in [-0.05, 0) is 49.7 Å². The summed E-state index contributed by atoms with van der Waals surface area (Å²) in [7, 11) is 0. The number of carbonyl (C=O) groups is 1. The molecular weight excluding hydrogens is 392 g/mol. The summed E-state index contributed by atoms with van der Waals surface area (Å²) in [6.45, 7) is 4.80. The van der Waals surface area contributed by atoms with Crippen LogP contribution in [0.15, 0.2) is 71.1 Å². The Kier molecular flexibility index (Phi) is 6.17. The number of oxazole rings is 1. The lowest BCUT2D eigenvalue weighted by Gasteiger charge is -2.11. The third kappa shape index (κ3) is 5.04. The molecule has 3 aromatic carbocycles. The van der Waals surface area contributed by atoms with Crippen LogP contribution in [0.25, 0.3) is 11.1 Å². The molecule has 6 heteroatoms. The number of nitrogens with zero attached hydrogens (tertiary/aromatic N) is 1. The van der Waals surface area contributed by atoms with E-state index in [1.165, 1.54) is 0 Å². The van der Waals surface area contributed by atoms with Gasteiger partial charge in [-0.15, -0.1) is 0 Å². The second-order valence-electron chi connectivity index (χ2n) is 6.97. The van der Waals surface area contributed by atoms with Gasteiger partial charge in [-0.3, -0.25) is 4.79 Å². The van der Waals surface area contributed by atoms with E-state index in [-0.39, 0.29) is 5.91 Å². The molecule has 0 bridgehead atoms. The van der Waals surface area contributed by atoms with E-state index in [1.807, 2.05) is 50.2 Å². The van der Waals surface area contributed by atoms with E-state index in [2.05, 4.69) is 10.3 Å².